The Morgan fingerprint density at radius 2 is 1.79 bits per heavy atom. The van der Waals surface area contributed by atoms with Crippen LogP contribution in [0.3, 0.4) is 0 Å². The van der Waals surface area contributed by atoms with Crippen LogP contribution >= 0.6 is 11.3 Å². The van der Waals surface area contributed by atoms with E-state index in [1.54, 1.807) is 23.5 Å². The third-order valence-electron chi connectivity index (χ3n) is 4.73. The Hall–Kier alpha value is -3.31. The van der Waals surface area contributed by atoms with Crippen LogP contribution in [0.4, 0.5) is 0 Å². The molecule has 0 N–H and O–H groups in total. The summed E-state index contributed by atoms with van der Waals surface area (Å²) in [5, 5.41) is 2.67. The van der Waals surface area contributed by atoms with Crippen LogP contribution in [-0.4, -0.2) is 23.3 Å². The maximum Gasteiger partial charge on any atom is 0.339 e. The molecule has 29 heavy (non-hydrogen) atoms. The minimum absolute atomic E-state index is 0.215. The van der Waals surface area contributed by atoms with Crippen molar-refractivity contribution >= 4 is 34.0 Å². The van der Waals surface area contributed by atoms with Crippen molar-refractivity contribution in [2.75, 3.05) is 6.61 Å². The molecule has 0 spiro atoms. The predicted molar refractivity (Wildman–Crippen MR) is 116 cm³/mol. The lowest BCUT2D eigenvalue weighted by atomic mass is 10.0. The molecule has 2 heterocycles. The summed E-state index contributed by atoms with van der Waals surface area (Å²) in [5.41, 5.74) is 4.37. The Balaban J connectivity index is 1.62. The number of aromatic nitrogens is 1. The van der Waals surface area contributed by atoms with Gasteiger partial charge in [-0.1, -0.05) is 48.0 Å². The molecular formula is C24H19NO3S. The molecule has 0 unspecified atom stereocenters. The zero-order valence-corrected chi connectivity index (χ0v) is 17.0. The second kappa shape index (κ2) is 7.97. The maximum atomic E-state index is 12.9. The van der Waals surface area contributed by atoms with Gasteiger partial charge in [0.25, 0.3) is 0 Å². The van der Waals surface area contributed by atoms with Crippen LogP contribution in [-0.2, 0) is 4.74 Å². The zero-order chi connectivity index (χ0) is 20.4. The van der Waals surface area contributed by atoms with Crippen molar-refractivity contribution in [1.82, 2.24) is 4.98 Å². The number of hydrogen-bond acceptors (Lipinski definition) is 5. The summed E-state index contributed by atoms with van der Waals surface area (Å²) < 4.78 is 5.40. The quantitative estimate of drug-likeness (QED) is 0.322. The minimum atomic E-state index is -0.528. The third-order valence-corrected chi connectivity index (χ3v) is 5.62. The molecule has 0 atom stereocenters. The number of carbonyl (C=O) groups excluding carboxylic acids is 2. The Labute approximate surface area is 172 Å². The molecule has 0 fully saturated rings. The number of benzene rings is 2. The van der Waals surface area contributed by atoms with E-state index in [-0.39, 0.29) is 12.4 Å². The van der Waals surface area contributed by atoms with Gasteiger partial charge in [0.1, 0.15) is 0 Å². The van der Waals surface area contributed by atoms with Crippen molar-refractivity contribution in [3.63, 3.8) is 0 Å². The zero-order valence-electron chi connectivity index (χ0n) is 16.1. The van der Waals surface area contributed by atoms with Crippen LogP contribution in [0.1, 0.15) is 31.8 Å². The third kappa shape index (κ3) is 3.96. The highest BCUT2D eigenvalue weighted by molar-refractivity contribution is 7.13. The molecular weight excluding hydrogens is 382 g/mol. The van der Waals surface area contributed by atoms with E-state index in [1.807, 2.05) is 67.8 Å². The number of rotatable bonds is 5. The summed E-state index contributed by atoms with van der Waals surface area (Å²) in [6, 6.07) is 18.7. The van der Waals surface area contributed by atoms with Crippen molar-refractivity contribution in [2.24, 2.45) is 0 Å². The normalized spacial score (nSPS) is 10.8. The van der Waals surface area contributed by atoms with Gasteiger partial charge in [0.2, 0.25) is 5.78 Å². The van der Waals surface area contributed by atoms with Gasteiger partial charge in [-0.3, -0.25) is 4.79 Å². The molecule has 144 valence electrons. The van der Waals surface area contributed by atoms with Gasteiger partial charge >= 0.3 is 5.97 Å². The van der Waals surface area contributed by atoms with E-state index in [4.69, 9.17) is 4.74 Å². The van der Waals surface area contributed by atoms with Crippen molar-refractivity contribution < 1.29 is 14.3 Å². The highest BCUT2D eigenvalue weighted by Crippen LogP contribution is 2.28. The summed E-state index contributed by atoms with van der Waals surface area (Å²) in [7, 11) is 0. The van der Waals surface area contributed by atoms with Crippen LogP contribution < -0.4 is 0 Å². The van der Waals surface area contributed by atoms with Crippen LogP contribution in [0.5, 0.6) is 0 Å². The number of ketones is 1. The molecule has 0 aliphatic heterocycles. The lowest BCUT2D eigenvalue weighted by Gasteiger charge is -2.10. The first-order chi connectivity index (χ1) is 14.0. The lowest BCUT2D eigenvalue weighted by molar-refractivity contribution is 0.0476. The maximum absolute atomic E-state index is 12.9. The second-order valence-corrected chi connectivity index (χ2v) is 7.81. The molecule has 0 saturated carbocycles. The van der Waals surface area contributed by atoms with Gasteiger partial charge in [-0.25, -0.2) is 9.78 Å². The van der Waals surface area contributed by atoms with Crippen LogP contribution in [0.2, 0.25) is 0 Å². The summed E-state index contributed by atoms with van der Waals surface area (Å²) in [4.78, 5) is 31.0. The minimum Gasteiger partial charge on any atom is -0.454 e. The lowest BCUT2D eigenvalue weighted by Crippen LogP contribution is -2.15. The number of esters is 1. The fraction of sp³-hybridized carbons (Fsp3) is 0.125. The molecule has 0 amide bonds. The number of carbonyl (C=O) groups is 2. The molecule has 4 aromatic rings. The number of fused-ring (bicyclic) bond motifs is 1. The predicted octanol–water partition coefficient (Wildman–Crippen LogP) is 5.62. The number of thiophene rings is 1. The summed E-state index contributed by atoms with van der Waals surface area (Å²) >= 11 is 1.55. The molecule has 0 aliphatic rings. The van der Waals surface area contributed by atoms with Gasteiger partial charge in [0.15, 0.2) is 6.61 Å². The summed E-state index contributed by atoms with van der Waals surface area (Å²) in [5.74, 6) is -0.743. The highest BCUT2D eigenvalue weighted by Gasteiger charge is 2.18. The van der Waals surface area contributed by atoms with Gasteiger partial charge in [-0.15, -0.1) is 11.3 Å². The number of hydrogen-bond donors (Lipinski definition) is 0. The number of ether oxygens (including phenoxy) is 1. The Morgan fingerprint density at radius 3 is 2.55 bits per heavy atom. The number of para-hydroxylation sites is 1. The number of Topliss-reactive ketones (excluding diaryl/α,β-unsaturated/α-hetero) is 1. The molecule has 4 nitrogen and oxygen atoms in total. The average molecular weight is 401 g/mol. The first-order valence-corrected chi connectivity index (χ1v) is 10.1. The van der Waals surface area contributed by atoms with E-state index in [0.29, 0.717) is 27.7 Å². The SMILES string of the molecule is Cc1ccc(C(=O)COC(=O)c2cc(-c3cccs3)nc3ccccc23)c(C)c1. The fourth-order valence-corrected chi connectivity index (χ4v) is 3.99. The molecule has 0 radical (unpaired) electrons. The van der Waals surface area contributed by atoms with Crippen LogP contribution in [0, 0.1) is 13.8 Å². The van der Waals surface area contributed by atoms with E-state index < -0.39 is 5.97 Å². The molecule has 0 aliphatic carbocycles. The molecule has 5 heteroatoms. The van der Waals surface area contributed by atoms with Gasteiger partial charge in [-0.05, 0) is 43.0 Å². The number of aryl methyl sites for hydroxylation is 2. The van der Waals surface area contributed by atoms with Crippen molar-refractivity contribution in [1.29, 1.82) is 0 Å². The van der Waals surface area contributed by atoms with E-state index >= 15 is 0 Å². The van der Waals surface area contributed by atoms with Gasteiger partial charge < -0.3 is 4.74 Å². The van der Waals surface area contributed by atoms with Gasteiger partial charge in [0, 0.05) is 10.9 Å². The molecule has 0 bridgehead atoms. The molecule has 2 aromatic heterocycles. The van der Waals surface area contributed by atoms with Gasteiger partial charge in [-0.2, -0.15) is 0 Å². The standard InChI is InChI=1S/C24H19NO3S/c1-15-9-10-17(16(2)12-15)22(26)14-28-24(27)19-13-21(23-8-5-11-29-23)25-20-7-4-3-6-18(19)20/h3-13H,14H2,1-2H3. The van der Waals surface area contributed by atoms with E-state index in [1.165, 1.54) is 0 Å². The smallest absolute Gasteiger partial charge is 0.339 e. The van der Waals surface area contributed by atoms with Gasteiger partial charge in [0.05, 0.1) is 21.7 Å². The van der Waals surface area contributed by atoms with E-state index in [2.05, 4.69) is 4.98 Å². The van der Waals surface area contributed by atoms with E-state index in [9.17, 15) is 9.59 Å². The summed E-state index contributed by atoms with van der Waals surface area (Å²) in [6.45, 7) is 3.56. The van der Waals surface area contributed by atoms with Crippen molar-refractivity contribution in [3.05, 3.63) is 88.3 Å². The van der Waals surface area contributed by atoms with E-state index in [0.717, 1.165) is 16.0 Å². The molecule has 2 aromatic carbocycles. The van der Waals surface area contributed by atoms with Crippen molar-refractivity contribution in [3.8, 4) is 10.6 Å². The molecule has 4 rings (SSSR count). The largest absolute Gasteiger partial charge is 0.454 e. The number of pyridine rings is 1. The first kappa shape index (κ1) is 19.0. The number of nitrogens with zero attached hydrogens (tertiary/aromatic N) is 1. The Kier molecular flexibility index (Phi) is 5.23. The molecule has 0 saturated heterocycles. The Morgan fingerprint density at radius 1 is 0.966 bits per heavy atom. The van der Waals surface area contributed by atoms with Crippen LogP contribution in [0.15, 0.2) is 66.0 Å². The Bertz CT molecular complexity index is 1210. The van der Waals surface area contributed by atoms with Crippen molar-refractivity contribution in [2.45, 2.75) is 13.8 Å². The topological polar surface area (TPSA) is 56.3 Å². The fourth-order valence-electron chi connectivity index (χ4n) is 3.31. The monoisotopic (exact) mass is 401 g/mol. The first-order valence-electron chi connectivity index (χ1n) is 9.24. The van der Waals surface area contributed by atoms with Crippen LogP contribution in [0.25, 0.3) is 21.5 Å². The second-order valence-electron chi connectivity index (χ2n) is 6.87. The summed E-state index contributed by atoms with van der Waals surface area (Å²) in [6.07, 6.45) is 0. The average Bonchev–Trinajstić information content (AvgIpc) is 3.26. The highest BCUT2D eigenvalue weighted by atomic mass is 32.1.